The normalized spacial score (nSPS) is 18.0. The quantitative estimate of drug-likeness (QED) is 0.613. The van der Waals surface area contributed by atoms with E-state index in [9.17, 15) is 14.9 Å². The number of carbonyl (C=O) groups is 2. The Morgan fingerprint density at radius 1 is 1.29 bits per heavy atom. The number of halogens is 1. The Morgan fingerprint density at radius 2 is 2.00 bits per heavy atom. The van der Waals surface area contributed by atoms with Gasteiger partial charge < -0.3 is 5.32 Å². The molecule has 3 rings (SSSR count). The molecule has 1 atom stereocenters. The lowest BCUT2D eigenvalue weighted by atomic mass is 10.1. The molecule has 0 bridgehead atoms. The number of benzene rings is 2. The summed E-state index contributed by atoms with van der Waals surface area (Å²) in [5, 5.41) is 12.6. The van der Waals surface area contributed by atoms with Crippen molar-refractivity contribution in [3.8, 4) is 6.07 Å². The second-order valence-electron chi connectivity index (χ2n) is 6.27. The molecule has 1 aliphatic heterocycles. The molecular weight excluding hydrogens is 394 g/mol. The van der Waals surface area contributed by atoms with E-state index >= 15 is 0 Å². The van der Waals surface area contributed by atoms with Crippen LogP contribution in [0.15, 0.2) is 59.1 Å². The zero-order valence-electron chi connectivity index (χ0n) is 15.4. The minimum Gasteiger partial charge on any atom is -0.354 e. The Balaban J connectivity index is 2.02. The lowest BCUT2D eigenvalue weighted by Gasteiger charge is -2.18. The van der Waals surface area contributed by atoms with Crippen molar-refractivity contribution in [2.75, 3.05) is 11.9 Å². The number of amides is 2. The number of likely N-dealkylation sites (N-methyl/N-ethyl adjacent to an activating group) is 1. The number of thioether (sulfide) groups is 1. The zero-order chi connectivity index (χ0) is 20.3. The van der Waals surface area contributed by atoms with Crippen molar-refractivity contribution in [2.45, 2.75) is 18.6 Å². The first-order valence-electron chi connectivity index (χ1n) is 8.63. The highest BCUT2D eigenvalue weighted by molar-refractivity contribution is 8.05. The van der Waals surface area contributed by atoms with E-state index in [0.717, 1.165) is 11.1 Å². The number of anilines is 1. The number of nitrogens with zero attached hydrogens (tertiary/aromatic N) is 2. The number of hydrogen-bond acceptors (Lipinski definition) is 4. The van der Waals surface area contributed by atoms with Crippen molar-refractivity contribution < 1.29 is 9.59 Å². The Kier molecular flexibility index (Phi) is 6.08. The monoisotopic (exact) mass is 411 g/mol. The summed E-state index contributed by atoms with van der Waals surface area (Å²) in [7, 11) is 1.46. The minimum absolute atomic E-state index is 0.0749. The molecule has 0 radical (unpaired) electrons. The van der Waals surface area contributed by atoms with Gasteiger partial charge in [-0.1, -0.05) is 53.7 Å². The van der Waals surface area contributed by atoms with Gasteiger partial charge in [0.2, 0.25) is 5.91 Å². The maximum absolute atomic E-state index is 13.2. The zero-order valence-corrected chi connectivity index (χ0v) is 17.0. The van der Waals surface area contributed by atoms with Gasteiger partial charge in [-0.05, 0) is 42.7 Å². The van der Waals surface area contributed by atoms with Crippen molar-refractivity contribution in [3.63, 3.8) is 0 Å². The number of aryl methyl sites for hydroxylation is 1. The second kappa shape index (κ2) is 8.51. The molecule has 1 N–H and O–H groups in total. The van der Waals surface area contributed by atoms with E-state index in [1.54, 1.807) is 12.1 Å². The third-order valence-corrected chi connectivity index (χ3v) is 6.07. The first kappa shape index (κ1) is 20.0. The number of para-hydroxylation sites is 1. The molecule has 2 amide bonds. The fraction of sp³-hybridized carbons (Fsp3) is 0.190. The van der Waals surface area contributed by atoms with Gasteiger partial charge in [0.05, 0.1) is 5.25 Å². The number of carbonyl (C=O) groups excluding carboxylic acids is 2. The molecular formula is C21H18ClN3O2S. The van der Waals surface area contributed by atoms with Crippen molar-refractivity contribution in [1.29, 1.82) is 5.26 Å². The first-order chi connectivity index (χ1) is 13.5. The topological polar surface area (TPSA) is 73.2 Å². The van der Waals surface area contributed by atoms with Crippen LogP contribution in [-0.4, -0.2) is 24.1 Å². The summed E-state index contributed by atoms with van der Waals surface area (Å²) in [5.74, 6) is -0.683. The maximum atomic E-state index is 13.2. The highest BCUT2D eigenvalue weighted by Gasteiger charge is 2.40. The van der Waals surface area contributed by atoms with Crippen LogP contribution >= 0.6 is 23.4 Å². The highest BCUT2D eigenvalue weighted by atomic mass is 35.5. The molecule has 28 heavy (non-hydrogen) atoms. The van der Waals surface area contributed by atoms with Crippen LogP contribution < -0.4 is 10.2 Å². The largest absolute Gasteiger partial charge is 0.354 e. The van der Waals surface area contributed by atoms with E-state index in [0.29, 0.717) is 22.2 Å². The average molecular weight is 412 g/mol. The molecule has 0 aromatic heterocycles. The Hall–Kier alpha value is -2.75. The van der Waals surface area contributed by atoms with Gasteiger partial charge in [-0.2, -0.15) is 5.26 Å². The third kappa shape index (κ3) is 3.91. The molecule has 2 aromatic carbocycles. The predicted molar refractivity (Wildman–Crippen MR) is 112 cm³/mol. The third-order valence-electron chi connectivity index (χ3n) is 4.40. The summed E-state index contributed by atoms with van der Waals surface area (Å²) < 4.78 is 0. The van der Waals surface area contributed by atoms with Gasteiger partial charge in [0.1, 0.15) is 16.7 Å². The predicted octanol–water partition coefficient (Wildman–Crippen LogP) is 3.82. The second-order valence-corrected chi connectivity index (χ2v) is 7.87. The summed E-state index contributed by atoms with van der Waals surface area (Å²) >= 11 is 7.45. The first-order valence-corrected chi connectivity index (χ1v) is 9.89. The standard InChI is InChI=1S/C21H18ClN3O2S/c1-13-8-9-14(10-17(13)22)11-18-20(27)25(15-6-4-3-5-7-15)21(28-18)16(12-23)19(26)24-2/h3-10,18H,11H2,1-2H3,(H,24,26)/b21-16-/t18-/m0/s1. The Morgan fingerprint density at radius 3 is 2.61 bits per heavy atom. The summed E-state index contributed by atoms with van der Waals surface area (Å²) in [6.45, 7) is 1.92. The summed E-state index contributed by atoms with van der Waals surface area (Å²) in [6, 6.07) is 16.7. The van der Waals surface area contributed by atoms with Gasteiger partial charge in [-0.15, -0.1) is 0 Å². The molecule has 1 saturated heterocycles. The van der Waals surface area contributed by atoms with E-state index in [4.69, 9.17) is 11.6 Å². The van der Waals surface area contributed by atoms with Crippen molar-refractivity contribution >= 4 is 40.9 Å². The van der Waals surface area contributed by atoms with E-state index < -0.39 is 11.2 Å². The van der Waals surface area contributed by atoms with Crippen molar-refractivity contribution in [1.82, 2.24) is 5.32 Å². The molecule has 0 spiro atoms. The van der Waals surface area contributed by atoms with Crippen LogP contribution in [0, 0.1) is 18.3 Å². The van der Waals surface area contributed by atoms with E-state index in [1.807, 2.05) is 49.4 Å². The van der Waals surface area contributed by atoms with Gasteiger partial charge in [0, 0.05) is 17.8 Å². The molecule has 0 aliphatic carbocycles. The smallest absolute Gasteiger partial charge is 0.264 e. The van der Waals surface area contributed by atoms with Crippen LogP contribution in [0.1, 0.15) is 11.1 Å². The Labute approximate surface area is 173 Å². The molecule has 1 aliphatic rings. The molecule has 7 heteroatoms. The van der Waals surface area contributed by atoms with Crippen LogP contribution in [0.2, 0.25) is 5.02 Å². The maximum Gasteiger partial charge on any atom is 0.264 e. The van der Waals surface area contributed by atoms with Crippen LogP contribution in [0.25, 0.3) is 0 Å². The van der Waals surface area contributed by atoms with Crippen LogP contribution in [0.4, 0.5) is 5.69 Å². The average Bonchev–Trinajstić information content (AvgIpc) is 3.01. The highest BCUT2D eigenvalue weighted by Crippen LogP contribution is 2.42. The van der Waals surface area contributed by atoms with Gasteiger partial charge in [-0.3, -0.25) is 14.5 Å². The summed E-state index contributed by atoms with van der Waals surface area (Å²) in [6.07, 6.45) is 0.447. The number of nitriles is 1. The van der Waals surface area contributed by atoms with E-state index in [1.165, 1.54) is 23.7 Å². The van der Waals surface area contributed by atoms with Crippen LogP contribution in [0.5, 0.6) is 0 Å². The van der Waals surface area contributed by atoms with E-state index in [2.05, 4.69) is 5.32 Å². The SMILES string of the molecule is CNC(=O)/C(C#N)=C1\S[C@@H](Cc2ccc(C)c(Cl)c2)C(=O)N1c1ccccc1. The molecule has 1 fully saturated rings. The van der Waals surface area contributed by atoms with Gasteiger partial charge in [-0.25, -0.2) is 0 Å². The molecule has 2 aromatic rings. The number of nitrogens with one attached hydrogen (secondary N) is 1. The van der Waals surface area contributed by atoms with Crippen molar-refractivity contribution in [2.24, 2.45) is 0 Å². The lowest BCUT2D eigenvalue weighted by Crippen LogP contribution is -2.31. The number of hydrogen-bond donors (Lipinski definition) is 1. The van der Waals surface area contributed by atoms with Crippen molar-refractivity contribution in [3.05, 3.63) is 75.3 Å². The number of rotatable bonds is 4. The molecule has 142 valence electrons. The molecule has 1 heterocycles. The molecule has 0 unspecified atom stereocenters. The summed E-state index contributed by atoms with van der Waals surface area (Å²) in [4.78, 5) is 26.9. The van der Waals surface area contributed by atoms with Gasteiger partial charge in [0.15, 0.2) is 0 Å². The Bertz CT molecular complexity index is 998. The molecule has 0 saturated carbocycles. The van der Waals surface area contributed by atoms with Crippen LogP contribution in [-0.2, 0) is 16.0 Å². The lowest BCUT2D eigenvalue weighted by molar-refractivity contribution is -0.117. The van der Waals surface area contributed by atoms with E-state index in [-0.39, 0.29) is 11.5 Å². The summed E-state index contributed by atoms with van der Waals surface area (Å²) in [5.41, 5.74) is 2.44. The fourth-order valence-corrected chi connectivity index (χ4v) is 4.41. The van der Waals surface area contributed by atoms with Gasteiger partial charge in [0.25, 0.3) is 5.91 Å². The fourth-order valence-electron chi connectivity index (χ4n) is 2.90. The van der Waals surface area contributed by atoms with Gasteiger partial charge >= 0.3 is 0 Å². The minimum atomic E-state index is -0.516. The molecule has 5 nitrogen and oxygen atoms in total. The van der Waals surface area contributed by atoms with Crippen LogP contribution in [0.3, 0.4) is 0 Å².